The van der Waals surface area contributed by atoms with Gasteiger partial charge in [0.2, 0.25) is 5.91 Å². The number of phenolic OH excluding ortho intramolecular Hbond substituents is 1. The topological polar surface area (TPSA) is 78.4 Å². The van der Waals surface area contributed by atoms with Crippen molar-refractivity contribution in [3.8, 4) is 5.75 Å². The van der Waals surface area contributed by atoms with E-state index in [1.165, 1.54) is 6.07 Å². The van der Waals surface area contributed by atoms with Crippen molar-refractivity contribution >= 4 is 11.8 Å². The molecule has 0 heterocycles. The molecule has 5 heteroatoms. The van der Waals surface area contributed by atoms with Crippen LogP contribution in [0.15, 0.2) is 18.2 Å². The minimum absolute atomic E-state index is 0.0633. The van der Waals surface area contributed by atoms with Crippen LogP contribution < -0.4 is 10.6 Å². The quantitative estimate of drug-likeness (QED) is 0.744. The van der Waals surface area contributed by atoms with Crippen molar-refractivity contribution in [3.63, 3.8) is 0 Å². The minimum atomic E-state index is -0.612. The molecule has 0 saturated carbocycles. The number of aromatic hydroxyl groups is 1. The zero-order valence-corrected chi connectivity index (χ0v) is 10.8. The molecule has 98 valence electrons. The van der Waals surface area contributed by atoms with Crippen molar-refractivity contribution in [2.45, 2.75) is 26.8 Å². The molecule has 0 fully saturated rings. The number of likely N-dealkylation sites (N-methyl/N-ethyl adjacent to an activating group) is 1. The van der Waals surface area contributed by atoms with Gasteiger partial charge in [-0.1, -0.05) is 6.07 Å². The molecule has 3 N–H and O–H groups in total. The van der Waals surface area contributed by atoms with Crippen LogP contribution in [0.3, 0.4) is 0 Å². The molecule has 0 spiro atoms. The Bertz CT molecular complexity index is 458. The lowest BCUT2D eigenvalue weighted by molar-refractivity contribution is -0.122. The molecule has 1 atom stereocenters. The highest BCUT2D eigenvalue weighted by atomic mass is 16.3. The third kappa shape index (κ3) is 3.23. The summed E-state index contributed by atoms with van der Waals surface area (Å²) in [5.74, 6) is -0.542. The Morgan fingerprint density at radius 3 is 2.67 bits per heavy atom. The fourth-order valence-corrected chi connectivity index (χ4v) is 1.54. The molecule has 0 aliphatic heterocycles. The van der Waals surface area contributed by atoms with E-state index in [0.717, 1.165) is 0 Å². The van der Waals surface area contributed by atoms with Gasteiger partial charge in [0.1, 0.15) is 11.8 Å². The van der Waals surface area contributed by atoms with Gasteiger partial charge in [0.05, 0.1) is 0 Å². The summed E-state index contributed by atoms with van der Waals surface area (Å²) in [7, 11) is 0. The number of benzene rings is 1. The van der Waals surface area contributed by atoms with E-state index in [1.807, 2.05) is 6.92 Å². The van der Waals surface area contributed by atoms with Gasteiger partial charge in [-0.25, -0.2) is 0 Å². The Morgan fingerprint density at radius 1 is 1.39 bits per heavy atom. The summed E-state index contributed by atoms with van der Waals surface area (Å²) >= 11 is 0. The smallest absolute Gasteiger partial charge is 0.252 e. The molecular formula is C13H18N2O3. The largest absolute Gasteiger partial charge is 0.508 e. The molecule has 0 saturated heterocycles. The van der Waals surface area contributed by atoms with Crippen LogP contribution in [0.25, 0.3) is 0 Å². The van der Waals surface area contributed by atoms with E-state index in [9.17, 15) is 14.7 Å². The van der Waals surface area contributed by atoms with Crippen molar-refractivity contribution < 1.29 is 14.7 Å². The normalized spacial score (nSPS) is 11.7. The van der Waals surface area contributed by atoms with E-state index < -0.39 is 6.04 Å². The van der Waals surface area contributed by atoms with Crippen molar-refractivity contribution in [2.24, 2.45) is 0 Å². The number of carbonyl (C=O) groups is 2. The van der Waals surface area contributed by atoms with Crippen LogP contribution in [0, 0.1) is 6.92 Å². The van der Waals surface area contributed by atoms with Gasteiger partial charge in [-0.3, -0.25) is 9.59 Å². The summed E-state index contributed by atoms with van der Waals surface area (Å²) in [5.41, 5.74) is 0.865. The third-order valence-corrected chi connectivity index (χ3v) is 2.64. The number of hydrogen-bond acceptors (Lipinski definition) is 3. The van der Waals surface area contributed by atoms with Crippen molar-refractivity contribution in [1.82, 2.24) is 10.6 Å². The Balaban J connectivity index is 2.77. The van der Waals surface area contributed by atoms with Crippen LogP contribution in [-0.4, -0.2) is 29.5 Å². The summed E-state index contributed by atoms with van der Waals surface area (Å²) in [5, 5.41) is 14.7. The predicted molar refractivity (Wildman–Crippen MR) is 68.5 cm³/mol. The SMILES string of the molecule is CCNC(=O)C(C)NC(=O)c1cccc(O)c1C. The first-order chi connectivity index (χ1) is 8.47. The summed E-state index contributed by atoms with van der Waals surface area (Å²) in [6, 6.07) is 4.10. The van der Waals surface area contributed by atoms with Gasteiger partial charge in [-0.15, -0.1) is 0 Å². The lowest BCUT2D eigenvalue weighted by atomic mass is 10.1. The number of rotatable bonds is 4. The monoisotopic (exact) mass is 250 g/mol. The first-order valence-corrected chi connectivity index (χ1v) is 5.84. The lowest BCUT2D eigenvalue weighted by Gasteiger charge is -2.14. The van der Waals surface area contributed by atoms with Gasteiger partial charge in [0.25, 0.3) is 5.91 Å². The molecule has 0 aliphatic carbocycles. The minimum Gasteiger partial charge on any atom is -0.508 e. The second-order valence-electron chi connectivity index (χ2n) is 4.04. The third-order valence-electron chi connectivity index (χ3n) is 2.64. The maximum Gasteiger partial charge on any atom is 0.252 e. The number of amides is 2. The maximum atomic E-state index is 11.9. The molecule has 0 radical (unpaired) electrons. The van der Waals surface area contributed by atoms with Crippen molar-refractivity contribution in [1.29, 1.82) is 0 Å². The zero-order valence-electron chi connectivity index (χ0n) is 10.8. The highest BCUT2D eigenvalue weighted by Crippen LogP contribution is 2.19. The second kappa shape index (κ2) is 6.05. The first-order valence-electron chi connectivity index (χ1n) is 5.84. The van der Waals surface area contributed by atoms with E-state index in [2.05, 4.69) is 10.6 Å². The summed E-state index contributed by atoms with van der Waals surface area (Å²) in [4.78, 5) is 23.4. The molecule has 0 aromatic heterocycles. The summed E-state index contributed by atoms with van der Waals surface area (Å²) < 4.78 is 0. The maximum absolute atomic E-state index is 11.9. The molecule has 1 rings (SSSR count). The van der Waals surface area contributed by atoms with Crippen LogP contribution in [0.1, 0.15) is 29.8 Å². The molecule has 1 aromatic carbocycles. The fourth-order valence-electron chi connectivity index (χ4n) is 1.54. The lowest BCUT2D eigenvalue weighted by Crippen LogP contribution is -2.44. The average molecular weight is 250 g/mol. The van der Waals surface area contributed by atoms with Gasteiger partial charge in [-0.05, 0) is 32.9 Å². The van der Waals surface area contributed by atoms with E-state index in [1.54, 1.807) is 26.0 Å². The van der Waals surface area contributed by atoms with E-state index in [-0.39, 0.29) is 17.6 Å². The van der Waals surface area contributed by atoms with Gasteiger partial charge in [-0.2, -0.15) is 0 Å². The van der Waals surface area contributed by atoms with Crippen LogP contribution >= 0.6 is 0 Å². The van der Waals surface area contributed by atoms with Gasteiger partial charge in [0, 0.05) is 17.7 Å². The molecule has 0 bridgehead atoms. The Morgan fingerprint density at radius 2 is 2.06 bits per heavy atom. The molecule has 1 aromatic rings. The number of phenols is 1. The molecule has 5 nitrogen and oxygen atoms in total. The van der Waals surface area contributed by atoms with E-state index in [0.29, 0.717) is 17.7 Å². The Hall–Kier alpha value is -2.04. The van der Waals surface area contributed by atoms with Crippen LogP contribution in [0.4, 0.5) is 0 Å². The van der Waals surface area contributed by atoms with Crippen LogP contribution in [0.2, 0.25) is 0 Å². The predicted octanol–water partition coefficient (Wildman–Crippen LogP) is 0.955. The van der Waals surface area contributed by atoms with Crippen molar-refractivity contribution in [3.05, 3.63) is 29.3 Å². The Labute approximate surface area is 106 Å². The summed E-state index contributed by atoms with van der Waals surface area (Å²) in [6.45, 7) is 5.60. The second-order valence-corrected chi connectivity index (χ2v) is 4.04. The van der Waals surface area contributed by atoms with Crippen molar-refractivity contribution in [2.75, 3.05) is 6.54 Å². The first kappa shape index (κ1) is 14.0. The molecule has 0 aliphatic rings. The molecule has 1 unspecified atom stereocenters. The van der Waals surface area contributed by atoms with Gasteiger partial charge >= 0.3 is 0 Å². The fraction of sp³-hybridized carbons (Fsp3) is 0.385. The van der Waals surface area contributed by atoms with Gasteiger partial charge < -0.3 is 15.7 Å². The number of hydrogen-bond donors (Lipinski definition) is 3. The van der Waals surface area contributed by atoms with Crippen LogP contribution in [-0.2, 0) is 4.79 Å². The highest BCUT2D eigenvalue weighted by molar-refractivity contribution is 5.98. The van der Waals surface area contributed by atoms with Gasteiger partial charge in [0.15, 0.2) is 0 Å². The highest BCUT2D eigenvalue weighted by Gasteiger charge is 2.17. The molecule has 2 amide bonds. The molecule has 18 heavy (non-hydrogen) atoms. The average Bonchev–Trinajstić information content (AvgIpc) is 2.32. The number of carbonyl (C=O) groups excluding carboxylic acids is 2. The Kier molecular flexibility index (Phi) is 4.71. The van der Waals surface area contributed by atoms with Crippen LogP contribution in [0.5, 0.6) is 5.75 Å². The van der Waals surface area contributed by atoms with E-state index in [4.69, 9.17) is 0 Å². The van der Waals surface area contributed by atoms with E-state index >= 15 is 0 Å². The molecular weight excluding hydrogens is 232 g/mol. The number of nitrogens with one attached hydrogen (secondary N) is 2. The zero-order chi connectivity index (χ0) is 13.7. The summed E-state index contributed by atoms with van der Waals surface area (Å²) in [6.07, 6.45) is 0. The standard InChI is InChI=1S/C13H18N2O3/c1-4-14-12(17)9(3)15-13(18)10-6-5-7-11(16)8(10)2/h5-7,9,16H,4H2,1-3H3,(H,14,17)(H,15,18).